The molecule has 2 N–H and O–H groups in total. The molecule has 3 rings (SSSR count). The number of halogens is 1. The molecule has 0 aliphatic carbocycles. The van der Waals surface area contributed by atoms with E-state index in [1.807, 2.05) is 50.2 Å². The first-order valence-electron chi connectivity index (χ1n) is 8.64. The first-order valence-corrected chi connectivity index (χ1v) is 9.42. The van der Waals surface area contributed by atoms with Gasteiger partial charge in [0.05, 0.1) is 0 Å². The Morgan fingerprint density at radius 3 is 2.14 bits per heavy atom. The predicted molar refractivity (Wildman–Crippen MR) is 118 cm³/mol. The number of anilines is 1. The number of rotatable bonds is 4. The lowest BCUT2D eigenvalue weighted by atomic mass is 10.1. The minimum absolute atomic E-state index is 0.233. The Morgan fingerprint density at radius 2 is 1.54 bits per heavy atom. The van der Waals surface area contributed by atoms with Crippen molar-refractivity contribution in [3.63, 3.8) is 0 Å². The summed E-state index contributed by atoms with van der Waals surface area (Å²) in [6.45, 7) is 3.89. The highest BCUT2D eigenvalue weighted by molar-refractivity contribution is 7.80. The van der Waals surface area contributed by atoms with Gasteiger partial charge in [-0.15, -0.1) is 0 Å². The lowest BCUT2D eigenvalue weighted by molar-refractivity contribution is 0.0977. The number of nitrogens with one attached hydrogen (secondary N) is 2. The number of hydrogen-bond donors (Lipinski definition) is 2. The van der Waals surface area contributed by atoms with E-state index in [0.717, 1.165) is 16.8 Å². The van der Waals surface area contributed by atoms with E-state index >= 15 is 0 Å². The van der Waals surface area contributed by atoms with E-state index in [4.69, 9.17) is 28.6 Å². The van der Waals surface area contributed by atoms with Gasteiger partial charge in [0.2, 0.25) is 0 Å². The van der Waals surface area contributed by atoms with Gasteiger partial charge < -0.3 is 10.1 Å². The monoisotopic (exact) mass is 410 g/mol. The van der Waals surface area contributed by atoms with Gasteiger partial charge in [0.1, 0.15) is 11.5 Å². The van der Waals surface area contributed by atoms with Crippen LogP contribution < -0.4 is 15.4 Å². The van der Waals surface area contributed by atoms with Crippen molar-refractivity contribution in [2.24, 2.45) is 0 Å². The molecule has 0 aliphatic rings. The smallest absolute Gasteiger partial charge is 0.257 e. The van der Waals surface area contributed by atoms with Gasteiger partial charge in [-0.3, -0.25) is 10.1 Å². The summed E-state index contributed by atoms with van der Waals surface area (Å²) in [5, 5.41) is 6.59. The Balaban J connectivity index is 1.58. The average Bonchev–Trinajstić information content (AvgIpc) is 2.65. The molecule has 0 aromatic heterocycles. The van der Waals surface area contributed by atoms with Crippen LogP contribution >= 0.6 is 23.8 Å². The van der Waals surface area contributed by atoms with Crippen molar-refractivity contribution in [2.75, 3.05) is 5.32 Å². The van der Waals surface area contributed by atoms with E-state index < -0.39 is 0 Å². The molecule has 0 unspecified atom stereocenters. The molecule has 0 saturated carbocycles. The fourth-order valence-electron chi connectivity index (χ4n) is 2.65. The van der Waals surface area contributed by atoms with Gasteiger partial charge in [0.25, 0.3) is 5.91 Å². The van der Waals surface area contributed by atoms with Crippen LogP contribution in [0.15, 0.2) is 66.7 Å². The molecule has 3 aromatic carbocycles. The maximum Gasteiger partial charge on any atom is 0.257 e. The maximum absolute atomic E-state index is 12.4. The lowest BCUT2D eigenvalue weighted by Gasteiger charge is -2.12. The summed E-state index contributed by atoms with van der Waals surface area (Å²) in [7, 11) is 0. The highest BCUT2D eigenvalue weighted by Gasteiger charge is 2.11. The number of hydrogen-bond acceptors (Lipinski definition) is 3. The van der Waals surface area contributed by atoms with E-state index in [9.17, 15) is 4.79 Å². The fraction of sp³-hybridized carbons (Fsp3) is 0.0909. The minimum atomic E-state index is -0.238. The molecule has 28 heavy (non-hydrogen) atoms. The zero-order valence-electron chi connectivity index (χ0n) is 15.5. The SMILES string of the molecule is Cc1ccc(C(=O)NC(=S)Nc2ccc(Oc3ccc(Cl)cc3)cc2)c(C)c1. The molecule has 0 atom stereocenters. The molecule has 0 heterocycles. The van der Waals surface area contributed by atoms with Gasteiger partial charge in [-0.1, -0.05) is 29.3 Å². The van der Waals surface area contributed by atoms with Gasteiger partial charge in [0, 0.05) is 16.3 Å². The third kappa shape index (κ3) is 5.31. The van der Waals surface area contributed by atoms with Crippen molar-refractivity contribution in [1.82, 2.24) is 5.32 Å². The Bertz CT molecular complexity index is 1000. The first kappa shape index (κ1) is 19.9. The summed E-state index contributed by atoms with van der Waals surface area (Å²) in [5.41, 5.74) is 3.36. The molecule has 0 aliphatic heterocycles. The average molecular weight is 411 g/mol. The quantitative estimate of drug-likeness (QED) is 0.527. The van der Waals surface area contributed by atoms with Gasteiger partial charge >= 0.3 is 0 Å². The Morgan fingerprint density at radius 1 is 0.929 bits per heavy atom. The molecule has 142 valence electrons. The molecule has 4 nitrogen and oxygen atoms in total. The topological polar surface area (TPSA) is 50.4 Å². The summed E-state index contributed by atoms with van der Waals surface area (Å²) < 4.78 is 5.75. The standard InChI is InChI=1S/C22H19ClN2O2S/c1-14-3-12-20(15(2)13-14)21(26)25-22(28)24-17-6-10-19(11-7-17)27-18-8-4-16(23)5-9-18/h3-13H,1-2H3,(H2,24,25,26,28). The van der Waals surface area contributed by atoms with E-state index in [2.05, 4.69) is 10.6 Å². The fourth-order valence-corrected chi connectivity index (χ4v) is 2.98. The molecule has 3 aromatic rings. The van der Waals surface area contributed by atoms with Crippen molar-refractivity contribution in [3.05, 3.63) is 88.4 Å². The van der Waals surface area contributed by atoms with Gasteiger partial charge in [-0.25, -0.2) is 0 Å². The Hall–Kier alpha value is -2.89. The normalized spacial score (nSPS) is 10.2. The highest BCUT2D eigenvalue weighted by Crippen LogP contribution is 2.24. The number of carbonyl (C=O) groups is 1. The van der Waals surface area contributed by atoms with Crippen LogP contribution in [0.25, 0.3) is 0 Å². The molecule has 6 heteroatoms. The summed E-state index contributed by atoms with van der Waals surface area (Å²) >= 11 is 11.1. The Kier molecular flexibility index (Phi) is 6.29. The van der Waals surface area contributed by atoms with Crippen LogP contribution in [0.2, 0.25) is 5.02 Å². The molecule has 1 amide bonds. The maximum atomic E-state index is 12.4. The molecular weight excluding hydrogens is 392 g/mol. The molecular formula is C22H19ClN2O2S. The van der Waals surface area contributed by atoms with E-state index in [1.54, 1.807) is 30.3 Å². The number of carbonyl (C=O) groups excluding carboxylic acids is 1. The van der Waals surface area contributed by atoms with E-state index in [0.29, 0.717) is 22.1 Å². The number of amides is 1. The molecule has 0 radical (unpaired) electrons. The van der Waals surface area contributed by atoms with E-state index in [1.165, 1.54) is 0 Å². The van der Waals surface area contributed by atoms with Crippen molar-refractivity contribution < 1.29 is 9.53 Å². The second-order valence-electron chi connectivity index (χ2n) is 6.31. The van der Waals surface area contributed by atoms with Crippen LogP contribution in [0, 0.1) is 13.8 Å². The second kappa shape index (κ2) is 8.87. The highest BCUT2D eigenvalue weighted by atomic mass is 35.5. The summed E-state index contributed by atoms with van der Waals surface area (Å²) in [4.78, 5) is 12.4. The lowest BCUT2D eigenvalue weighted by Crippen LogP contribution is -2.34. The predicted octanol–water partition coefficient (Wildman–Crippen LogP) is 5.88. The second-order valence-corrected chi connectivity index (χ2v) is 7.15. The van der Waals surface area contributed by atoms with Gasteiger partial charge in [-0.05, 0) is 86.2 Å². The third-order valence-corrected chi connectivity index (χ3v) is 4.47. The summed E-state index contributed by atoms with van der Waals surface area (Å²) in [6, 6.07) is 20.1. The largest absolute Gasteiger partial charge is 0.457 e. The molecule has 0 fully saturated rings. The van der Waals surface area contributed by atoms with E-state index in [-0.39, 0.29) is 11.0 Å². The zero-order chi connectivity index (χ0) is 20.1. The van der Waals surface area contributed by atoms with Crippen LogP contribution in [-0.4, -0.2) is 11.0 Å². The van der Waals surface area contributed by atoms with Crippen LogP contribution in [0.5, 0.6) is 11.5 Å². The van der Waals surface area contributed by atoms with Crippen molar-refractivity contribution in [1.29, 1.82) is 0 Å². The Labute approximate surface area is 174 Å². The number of ether oxygens (including phenoxy) is 1. The molecule has 0 bridgehead atoms. The number of aryl methyl sites for hydroxylation is 2. The third-order valence-electron chi connectivity index (χ3n) is 4.02. The van der Waals surface area contributed by atoms with Crippen LogP contribution in [-0.2, 0) is 0 Å². The van der Waals surface area contributed by atoms with Gasteiger partial charge in [-0.2, -0.15) is 0 Å². The first-order chi connectivity index (χ1) is 13.4. The molecule has 0 spiro atoms. The van der Waals surface area contributed by atoms with Crippen molar-refractivity contribution in [3.8, 4) is 11.5 Å². The minimum Gasteiger partial charge on any atom is -0.457 e. The summed E-state index contributed by atoms with van der Waals surface area (Å²) in [6.07, 6.45) is 0. The van der Waals surface area contributed by atoms with Crippen molar-refractivity contribution >= 4 is 40.5 Å². The van der Waals surface area contributed by atoms with Crippen LogP contribution in [0.1, 0.15) is 21.5 Å². The summed E-state index contributed by atoms with van der Waals surface area (Å²) in [5.74, 6) is 1.14. The zero-order valence-corrected chi connectivity index (χ0v) is 17.0. The number of benzene rings is 3. The van der Waals surface area contributed by atoms with Crippen LogP contribution in [0.4, 0.5) is 5.69 Å². The van der Waals surface area contributed by atoms with Crippen molar-refractivity contribution in [2.45, 2.75) is 13.8 Å². The van der Waals surface area contributed by atoms with Crippen LogP contribution in [0.3, 0.4) is 0 Å². The van der Waals surface area contributed by atoms with Gasteiger partial charge in [0.15, 0.2) is 5.11 Å². The molecule has 0 saturated heterocycles. The number of thiocarbonyl (C=S) groups is 1.